The van der Waals surface area contributed by atoms with Crippen LogP contribution in [0.3, 0.4) is 0 Å². The van der Waals surface area contributed by atoms with Crippen LogP contribution in [0.1, 0.15) is 37.3 Å². The minimum atomic E-state index is -0.718. The molecule has 2 aliphatic heterocycles. The average Bonchev–Trinajstić information content (AvgIpc) is 3.08. The van der Waals surface area contributed by atoms with Gasteiger partial charge in [0, 0.05) is 12.5 Å². The van der Waals surface area contributed by atoms with Crippen molar-refractivity contribution in [2.75, 3.05) is 39.3 Å². The Balaban J connectivity index is 1.38. The van der Waals surface area contributed by atoms with Gasteiger partial charge in [0.15, 0.2) is 0 Å². The Kier molecular flexibility index (Phi) is 6.32. The third-order valence-corrected chi connectivity index (χ3v) is 5.51. The minimum absolute atomic E-state index is 0.170. The van der Waals surface area contributed by atoms with Crippen molar-refractivity contribution in [2.24, 2.45) is 0 Å². The molecule has 1 aromatic rings. The molecule has 3 rings (SSSR count). The summed E-state index contributed by atoms with van der Waals surface area (Å²) in [6.45, 7) is 7.16. The Hall–Kier alpha value is -1.59. The summed E-state index contributed by atoms with van der Waals surface area (Å²) in [6, 6.07) is 7.04. The van der Waals surface area contributed by atoms with Crippen molar-refractivity contribution in [1.29, 1.82) is 0 Å². The summed E-state index contributed by atoms with van der Waals surface area (Å²) >= 11 is 0. The highest BCUT2D eigenvalue weighted by molar-refractivity contribution is 5.69. The van der Waals surface area contributed by atoms with Crippen LogP contribution in [0.4, 0.5) is 0 Å². The van der Waals surface area contributed by atoms with Crippen LogP contribution in [0.15, 0.2) is 18.2 Å². The average molecular weight is 346 g/mol. The molecule has 25 heavy (non-hydrogen) atoms. The number of likely N-dealkylation sites (N-methyl/N-ethyl adjacent to an activating group) is 1. The molecule has 2 aliphatic rings. The predicted octanol–water partition coefficient (Wildman–Crippen LogP) is 2.42. The van der Waals surface area contributed by atoms with E-state index in [1.165, 1.54) is 17.5 Å². The topological polar surface area (TPSA) is 53.0 Å². The van der Waals surface area contributed by atoms with E-state index < -0.39 is 5.97 Å². The van der Waals surface area contributed by atoms with Crippen LogP contribution in [0.25, 0.3) is 0 Å². The highest BCUT2D eigenvalue weighted by Crippen LogP contribution is 2.26. The van der Waals surface area contributed by atoms with Gasteiger partial charge in [-0.25, -0.2) is 0 Å². The lowest BCUT2D eigenvalue weighted by atomic mass is 10.0. The number of aryl methyl sites for hydroxylation is 1. The maximum absolute atomic E-state index is 11.0. The zero-order chi connectivity index (χ0) is 17.6. The van der Waals surface area contributed by atoms with E-state index in [0.717, 1.165) is 64.2 Å². The van der Waals surface area contributed by atoms with Crippen molar-refractivity contribution < 1.29 is 14.6 Å². The highest BCUT2D eigenvalue weighted by atomic mass is 16.5. The fourth-order valence-electron chi connectivity index (χ4n) is 4.08. The summed E-state index contributed by atoms with van der Waals surface area (Å²) < 4.78 is 5.57. The number of likely N-dealkylation sites (tertiary alicyclic amines) is 1. The van der Waals surface area contributed by atoms with Crippen LogP contribution in [0.5, 0.6) is 5.75 Å². The minimum Gasteiger partial charge on any atom is -0.493 e. The van der Waals surface area contributed by atoms with Gasteiger partial charge in [-0.15, -0.1) is 0 Å². The van der Waals surface area contributed by atoms with Crippen molar-refractivity contribution in [3.05, 3.63) is 29.3 Å². The quantitative estimate of drug-likeness (QED) is 0.783. The molecular formula is C20H30N2O3. The second-order valence-electron chi connectivity index (χ2n) is 7.17. The molecule has 1 N–H and O–H groups in total. The van der Waals surface area contributed by atoms with E-state index in [4.69, 9.17) is 9.84 Å². The maximum Gasteiger partial charge on any atom is 0.317 e. The lowest BCUT2D eigenvalue weighted by Crippen LogP contribution is -2.46. The van der Waals surface area contributed by atoms with Crippen molar-refractivity contribution in [3.8, 4) is 5.75 Å². The number of aliphatic carboxylic acids is 1. The summed E-state index contributed by atoms with van der Waals surface area (Å²) in [6.07, 6.45) is 5.50. The van der Waals surface area contributed by atoms with E-state index in [1.54, 1.807) is 0 Å². The molecule has 1 aromatic carbocycles. The van der Waals surface area contributed by atoms with Gasteiger partial charge < -0.3 is 14.7 Å². The van der Waals surface area contributed by atoms with E-state index in [2.05, 4.69) is 34.9 Å². The Labute approximate surface area is 150 Å². The van der Waals surface area contributed by atoms with Crippen molar-refractivity contribution >= 4 is 5.97 Å². The lowest BCUT2D eigenvalue weighted by molar-refractivity contribution is -0.139. The van der Waals surface area contributed by atoms with Gasteiger partial charge in [0.2, 0.25) is 0 Å². The molecule has 5 heteroatoms. The fraction of sp³-hybridized carbons (Fsp3) is 0.650. The molecule has 0 aliphatic carbocycles. The first-order chi connectivity index (χ1) is 12.2. The first kappa shape index (κ1) is 18.2. The molecule has 0 unspecified atom stereocenters. The summed E-state index contributed by atoms with van der Waals surface area (Å²) in [5.74, 6) is 0.344. The smallest absolute Gasteiger partial charge is 0.317 e. The summed E-state index contributed by atoms with van der Waals surface area (Å²) in [7, 11) is 0. The zero-order valence-corrected chi connectivity index (χ0v) is 15.2. The lowest BCUT2D eigenvalue weighted by Gasteiger charge is -2.37. The van der Waals surface area contributed by atoms with Gasteiger partial charge in [0.25, 0.3) is 0 Å². The third-order valence-electron chi connectivity index (χ3n) is 5.51. The molecule has 0 saturated carbocycles. The number of hydrogen-bond donors (Lipinski definition) is 1. The number of fused-ring (bicyclic) bond motifs is 1. The molecule has 0 atom stereocenters. The number of carboxylic acid groups (broad SMARTS) is 1. The normalized spacial score (nSPS) is 18.3. The number of carboxylic acids is 1. The van der Waals surface area contributed by atoms with Crippen LogP contribution >= 0.6 is 0 Å². The fourth-order valence-corrected chi connectivity index (χ4v) is 4.08. The number of ether oxygens (including phenoxy) is 1. The van der Waals surface area contributed by atoms with Gasteiger partial charge in [-0.3, -0.25) is 9.69 Å². The molecule has 0 amide bonds. The molecular weight excluding hydrogens is 316 g/mol. The standard InChI is InChI=1S/C20H30N2O3/c1-2-22(15-20(23)24)18-7-11-21(12-8-18)10-3-4-16-5-6-19-17(14-16)9-13-25-19/h5-6,14,18H,2-4,7-13,15H2,1H3,(H,23,24). The first-order valence-electron chi connectivity index (χ1n) is 9.58. The van der Waals surface area contributed by atoms with Crippen LogP contribution in [0.2, 0.25) is 0 Å². The van der Waals surface area contributed by atoms with Crippen molar-refractivity contribution in [3.63, 3.8) is 0 Å². The van der Waals surface area contributed by atoms with Gasteiger partial charge in [0.05, 0.1) is 13.2 Å². The van der Waals surface area contributed by atoms with Gasteiger partial charge in [-0.05, 0) is 69.1 Å². The van der Waals surface area contributed by atoms with Crippen LogP contribution in [0, 0.1) is 0 Å². The molecule has 0 spiro atoms. The predicted molar refractivity (Wildman–Crippen MR) is 98.3 cm³/mol. The van der Waals surface area contributed by atoms with E-state index in [1.807, 2.05) is 0 Å². The first-order valence-corrected chi connectivity index (χ1v) is 9.58. The molecule has 5 nitrogen and oxygen atoms in total. The number of benzene rings is 1. The largest absolute Gasteiger partial charge is 0.493 e. The number of carbonyl (C=O) groups is 1. The Morgan fingerprint density at radius 2 is 2.16 bits per heavy atom. The number of nitrogens with zero attached hydrogens (tertiary/aromatic N) is 2. The van der Waals surface area contributed by atoms with Gasteiger partial charge in [-0.1, -0.05) is 19.1 Å². The van der Waals surface area contributed by atoms with Gasteiger partial charge in [-0.2, -0.15) is 0 Å². The van der Waals surface area contributed by atoms with E-state index >= 15 is 0 Å². The van der Waals surface area contributed by atoms with E-state index in [9.17, 15) is 4.79 Å². The zero-order valence-electron chi connectivity index (χ0n) is 15.2. The summed E-state index contributed by atoms with van der Waals surface area (Å²) in [5.41, 5.74) is 2.77. The molecule has 0 radical (unpaired) electrons. The molecule has 0 aromatic heterocycles. The Morgan fingerprint density at radius 3 is 2.88 bits per heavy atom. The van der Waals surface area contributed by atoms with Crippen LogP contribution in [-0.4, -0.2) is 66.2 Å². The molecule has 0 bridgehead atoms. The second kappa shape index (κ2) is 8.68. The van der Waals surface area contributed by atoms with E-state index in [-0.39, 0.29) is 6.54 Å². The third kappa shape index (κ3) is 4.95. The molecule has 2 heterocycles. The molecule has 138 valence electrons. The Morgan fingerprint density at radius 1 is 1.36 bits per heavy atom. The van der Waals surface area contributed by atoms with Gasteiger partial charge in [0.1, 0.15) is 5.75 Å². The molecule has 1 fully saturated rings. The van der Waals surface area contributed by atoms with Crippen molar-refractivity contribution in [2.45, 2.75) is 45.1 Å². The second-order valence-corrected chi connectivity index (χ2v) is 7.17. The van der Waals surface area contributed by atoms with Crippen LogP contribution < -0.4 is 4.74 Å². The summed E-state index contributed by atoms with van der Waals surface area (Å²) in [4.78, 5) is 15.6. The number of hydrogen-bond acceptors (Lipinski definition) is 4. The molecule has 1 saturated heterocycles. The number of piperidine rings is 1. The van der Waals surface area contributed by atoms with E-state index in [0.29, 0.717) is 6.04 Å². The monoisotopic (exact) mass is 346 g/mol. The number of rotatable bonds is 8. The van der Waals surface area contributed by atoms with Crippen LogP contribution in [-0.2, 0) is 17.6 Å². The Bertz CT molecular complexity index is 582. The highest BCUT2D eigenvalue weighted by Gasteiger charge is 2.24. The van der Waals surface area contributed by atoms with Gasteiger partial charge >= 0.3 is 5.97 Å². The summed E-state index contributed by atoms with van der Waals surface area (Å²) in [5, 5.41) is 9.02. The van der Waals surface area contributed by atoms with Crippen molar-refractivity contribution in [1.82, 2.24) is 9.80 Å². The SMILES string of the molecule is CCN(CC(=O)O)C1CCN(CCCc2ccc3c(c2)CCO3)CC1. The maximum atomic E-state index is 11.0.